The molecule has 0 bridgehead atoms. The van der Waals surface area contributed by atoms with E-state index in [0.29, 0.717) is 18.9 Å². The summed E-state index contributed by atoms with van der Waals surface area (Å²) in [5.74, 6) is 0.335. The van der Waals surface area contributed by atoms with Crippen molar-refractivity contribution in [3.05, 3.63) is 76.8 Å². The third-order valence-electron chi connectivity index (χ3n) is 3.83. The third-order valence-corrected chi connectivity index (χ3v) is 3.83. The van der Waals surface area contributed by atoms with E-state index in [0.717, 1.165) is 5.56 Å². The number of likely N-dealkylation sites (N-methyl/N-ethyl adjacent to an activating group) is 1. The first kappa shape index (κ1) is 16.6. The monoisotopic (exact) mass is 337 g/mol. The second-order valence-corrected chi connectivity index (χ2v) is 5.53. The molecule has 0 aliphatic heterocycles. The molecule has 0 atom stereocenters. The molecule has 2 aromatic heterocycles. The summed E-state index contributed by atoms with van der Waals surface area (Å²) in [6, 6.07) is 14.5. The Labute approximate surface area is 145 Å². The van der Waals surface area contributed by atoms with Gasteiger partial charge in [-0.25, -0.2) is 9.36 Å². The molecule has 3 rings (SSSR count). The molecule has 0 saturated carbocycles. The van der Waals surface area contributed by atoms with Gasteiger partial charge in [0.1, 0.15) is 6.54 Å². The topological polar surface area (TPSA) is 73.0 Å². The molecule has 0 unspecified atom stereocenters. The van der Waals surface area contributed by atoms with Gasteiger partial charge in [0, 0.05) is 31.5 Å². The van der Waals surface area contributed by atoms with Crippen molar-refractivity contribution in [2.75, 3.05) is 6.54 Å². The first-order valence-corrected chi connectivity index (χ1v) is 8.07. The molecule has 25 heavy (non-hydrogen) atoms. The minimum Gasteiger partial charge on any atom is -0.337 e. The van der Waals surface area contributed by atoms with Crippen molar-refractivity contribution in [2.24, 2.45) is 0 Å². The Morgan fingerprint density at radius 3 is 2.60 bits per heavy atom. The Hall–Kier alpha value is -3.22. The van der Waals surface area contributed by atoms with Crippen molar-refractivity contribution >= 4 is 5.91 Å². The van der Waals surface area contributed by atoms with E-state index in [-0.39, 0.29) is 18.0 Å². The number of benzene rings is 1. The molecule has 0 saturated heterocycles. The van der Waals surface area contributed by atoms with Gasteiger partial charge in [-0.1, -0.05) is 30.3 Å². The Kier molecular flexibility index (Phi) is 5.03. The highest BCUT2D eigenvalue weighted by atomic mass is 16.2. The van der Waals surface area contributed by atoms with Crippen LogP contribution in [0.5, 0.6) is 0 Å². The van der Waals surface area contributed by atoms with E-state index in [1.54, 1.807) is 34.1 Å². The highest BCUT2D eigenvalue weighted by molar-refractivity contribution is 5.75. The van der Waals surface area contributed by atoms with Crippen LogP contribution in [0.25, 0.3) is 5.82 Å². The van der Waals surface area contributed by atoms with E-state index >= 15 is 0 Å². The summed E-state index contributed by atoms with van der Waals surface area (Å²) in [6.45, 7) is 2.87. The van der Waals surface area contributed by atoms with Crippen molar-refractivity contribution < 1.29 is 4.79 Å². The minimum absolute atomic E-state index is 0.103. The molecule has 1 amide bonds. The smallest absolute Gasteiger partial charge is 0.267 e. The van der Waals surface area contributed by atoms with Crippen molar-refractivity contribution in [1.29, 1.82) is 0 Å². The van der Waals surface area contributed by atoms with Gasteiger partial charge in [-0.05, 0) is 24.6 Å². The molecule has 0 N–H and O–H groups in total. The molecule has 0 spiro atoms. The van der Waals surface area contributed by atoms with Crippen LogP contribution < -0.4 is 5.56 Å². The third kappa shape index (κ3) is 4.00. The van der Waals surface area contributed by atoms with Crippen LogP contribution in [-0.4, -0.2) is 36.9 Å². The SMILES string of the molecule is CCN(Cc1ccccc1)C(=O)Cn1nc(-n2cccn2)ccc1=O. The van der Waals surface area contributed by atoms with Crippen LogP contribution in [0.1, 0.15) is 12.5 Å². The molecule has 2 heterocycles. The standard InChI is InChI=1S/C18H19N5O2/c1-2-21(13-15-7-4-3-5-8-15)18(25)14-23-17(24)10-9-16(20-23)22-12-6-11-19-22/h3-12H,2,13-14H2,1H3. The highest BCUT2D eigenvalue weighted by Gasteiger charge is 2.14. The Balaban J connectivity index is 1.77. The number of amides is 1. The van der Waals surface area contributed by atoms with Gasteiger partial charge in [-0.15, -0.1) is 5.10 Å². The molecular weight excluding hydrogens is 318 g/mol. The number of rotatable bonds is 6. The molecule has 3 aromatic rings. The number of carbonyl (C=O) groups is 1. The fourth-order valence-corrected chi connectivity index (χ4v) is 2.49. The van der Waals surface area contributed by atoms with E-state index in [9.17, 15) is 9.59 Å². The predicted octanol–water partition coefficient (Wildman–Crippen LogP) is 1.48. The van der Waals surface area contributed by atoms with Crippen LogP contribution in [0, 0.1) is 0 Å². The second-order valence-electron chi connectivity index (χ2n) is 5.53. The molecule has 0 radical (unpaired) electrons. The molecule has 0 fully saturated rings. The van der Waals surface area contributed by atoms with Crippen molar-refractivity contribution in [1.82, 2.24) is 24.5 Å². The number of nitrogens with zero attached hydrogens (tertiary/aromatic N) is 5. The van der Waals surface area contributed by atoms with Gasteiger partial charge < -0.3 is 4.90 Å². The lowest BCUT2D eigenvalue weighted by Crippen LogP contribution is -2.37. The fraction of sp³-hybridized carbons (Fsp3) is 0.222. The lowest BCUT2D eigenvalue weighted by Gasteiger charge is -2.21. The first-order chi connectivity index (χ1) is 12.2. The quantitative estimate of drug-likeness (QED) is 0.683. The zero-order valence-electron chi connectivity index (χ0n) is 13.9. The average molecular weight is 337 g/mol. The van der Waals surface area contributed by atoms with Crippen LogP contribution in [0.2, 0.25) is 0 Å². The summed E-state index contributed by atoms with van der Waals surface area (Å²) < 4.78 is 2.72. The van der Waals surface area contributed by atoms with Crippen molar-refractivity contribution in [3.63, 3.8) is 0 Å². The summed E-state index contributed by atoms with van der Waals surface area (Å²) >= 11 is 0. The van der Waals surface area contributed by atoms with E-state index in [1.807, 2.05) is 37.3 Å². The van der Waals surface area contributed by atoms with Gasteiger partial charge in [0.25, 0.3) is 5.56 Å². The van der Waals surface area contributed by atoms with Gasteiger partial charge in [0.2, 0.25) is 5.91 Å². The average Bonchev–Trinajstić information content (AvgIpc) is 3.17. The van der Waals surface area contributed by atoms with Gasteiger partial charge in [-0.2, -0.15) is 5.10 Å². The lowest BCUT2D eigenvalue weighted by molar-refractivity contribution is -0.132. The van der Waals surface area contributed by atoms with Crippen LogP contribution in [0.15, 0.2) is 65.7 Å². The molecule has 1 aromatic carbocycles. The van der Waals surface area contributed by atoms with Gasteiger partial charge >= 0.3 is 0 Å². The van der Waals surface area contributed by atoms with Crippen molar-refractivity contribution in [3.8, 4) is 5.82 Å². The lowest BCUT2D eigenvalue weighted by atomic mass is 10.2. The molecule has 128 valence electrons. The zero-order chi connectivity index (χ0) is 17.6. The molecular formula is C18H19N5O2. The summed E-state index contributed by atoms with van der Waals surface area (Å²) in [7, 11) is 0. The maximum Gasteiger partial charge on any atom is 0.267 e. The Morgan fingerprint density at radius 2 is 1.92 bits per heavy atom. The summed E-state index contributed by atoms with van der Waals surface area (Å²) in [6.07, 6.45) is 3.35. The van der Waals surface area contributed by atoms with E-state index in [2.05, 4.69) is 10.2 Å². The highest BCUT2D eigenvalue weighted by Crippen LogP contribution is 2.05. The number of hydrogen-bond acceptors (Lipinski definition) is 4. The largest absolute Gasteiger partial charge is 0.337 e. The predicted molar refractivity (Wildman–Crippen MR) is 93.2 cm³/mol. The van der Waals surface area contributed by atoms with E-state index in [1.165, 1.54) is 10.7 Å². The summed E-state index contributed by atoms with van der Waals surface area (Å²) in [5, 5.41) is 8.32. The number of carbonyl (C=O) groups excluding carboxylic acids is 1. The van der Waals surface area contributed by atoms with Crippen LogP contribution >= 0.6 is 0 Å². The van der Waals surface area contributed by atoms with Gasteiger partial charge in [0.15, 0.2) is 5.82 Å². The molecule has 7 heteroatoms. The van der Waals surface area contributed by atoms with E-state index < -0.39 is 0 Å². The fourth-order valence-electron chi connectivity index (χ4n) is 2.49. The van der Waals surface area contributed by atoms with Gasteiger partial charge in [0.05, 0.1) is 0 Å². The Morgan fingerprint density at radius 1 is 1.12 bits per heavy atom. The van der Waals surface area contributed by atoms with Crippen LogP contribution in [0.4, 0.5) is 0 Å². The molecule has 0 aliphatic rings. The maximum atomic E-state index is 12.6. The number of aromatic nitrogens is 4. The van der Waals surface area contributed by atoms with Crippen LogP contribution in [0.3, 0.4) is 0 Å². The zero-order valence-corrected chi connectivity index (χ0v) is 13.9. The van der Waals surface area contributed by atoms with Crippen LogP contribution in [-0.2, 0) is 17.9 Å². The summed E-state index contributed by atoms with van der Waals surface area (Å²) in [4.78, 5) is 26.3. The maximum absolute atomic E-state index is 12.6. The molecule has 0 aliphatic carbocycles. The van der Waals surface area contributed by atoms with Gasteiger partial charge in [-0.3, -0.25) is 9.59 Å². The molecule has 7 nitrogen and oxygen atoms in total. The second kappa shape index (κ2) is 7.57. The number of hydrogen-bond donors (Lipinski definition) is 0. The van der Waals surface area contributed by atoms with Crippen molar-refractivity contribution in [2.45, 2.75) is 20.0 Å². The van der Waals surface area contributed by atoms with E-state index in [4.69, 9.17) is 0 Å². The Bertz CT molecular complexity index is 887. The summed E-state index contributed by atoms with van der Waals surface area (Å²) in [5.41, 5.74) is 0.725. The minimum atomic E-state index is -0.319. The normalized spacial score (nSPS) is 10.6. The first-order valence-electron chi connectivity index (χ1n) is 8.07.